The molecular weight excluding hydrogens is 398 g/mol. The molecule has 0 aromatic heterocycles. The first-order valence-corrected chi connectivity index (χ1v) is 10.1. The summed E-state index contributed by atoms with van der Waals surface area (Å²) in [5.74, 6) is -1.19. The fraction of sp³-hybridized carbons (Fsp3) is 0.0952. The molecule has 5 nitrogen and oxygen atoms in total. The van der Waals surface area contributed by atoms with Gasteiger partial charge in [0, 0.05) is 17.8 Å². The van der Waals surface area contributed by atoms with E-state index in [1.54, 1.807) is 12.1 Å². The second-order valence-corrected chi connectivity index (χ2v) is 8.09. The smallest absolute Gasteiger partial charge is 0.261 e. The van der Waals surface area contributed by atoms with Crippen molar-refractivity contribution in [3.8, 4) is 0 Å². The molecular formula is C21H18F2N2O3S. The van der Waals surface area contributed by atoms with Gasteiger partial charge in [0.2, 0.25) is 0 Å². The van der Waals surface area contributed by atoms with Crippen LogP contribution in [0.2, 0.25) is 0 Å². The third kappa shape index (κ3) is 5.17. The number of carbonyl (C=O) groups excluding carboxylic acids is 1. The van der Waals surface area contributed by atoms with E-state index in [1.807, 2.05) is 0 Å². The molecule has 0 heterocycles. The van der Waals surface area contributed by atoms with Crippen LogP contribution in [0.1, 0.15) is 21.5 Å². The minimum Gasteiger partial charge on any atom is -0.348 e. The van der Waals surface area contributed by atoms with Crippen molar-refractivity contribution in [3.05, 3.63) is 95.1 Å². The van der Waals surface area contributed by atoms with Crippen LogP contribution in [-0.2, 0) is 16.6 Å². The van der Waals surface area contributed by atoms with Crippen molar-refractivity contribution in [2.75, 3.05) is 4.72 Å². The largest absolute Gasteiger partial charge is 0.348 e. The number of halogens is 2. The number of carbonyl (C=O) groups is 1. The van der Waals surface area contributed by atoms with Crippen LogP contribution in [0.25, 0.3) is 0 Å². The predicted octanol–water partition coefficient (Wildman–Crippen LogP) is 4.00. The minimum absolute atomic E-state index is 0.0579. The lowest BCUT2D eigenvalue weighted by Crippen LogP contribution is -2.22. The van der Waals surface area contributed by atoms with Crippen LogP contribution >= 0.6 is 0 Å². The van der Waals surface area contributed by atoms with E-state index >= 15 is 0 Å². The van der Waals surface area contributed by atoms with Crippen molar-refractivity contribution >= 4 is 21.6 Å². The van der Waals surface area contributed by atoms with Gasteiger partial charge < -0.3 is 5.32 Å². The summed E-state index contributed by atoms with van der Waals surface area (Å²) in [5.41, 5.74) is 1.58. The summed E-state index contributed by atoms with van der Waals surface area (Å²) in [6.07, 6.45) is 0. The molecule has 1 amide bonds. The van der Waals surface area contributed by atoms with Gasteiger partial charge >= 0.3 is 0 Å². The number of amides is 1. The van der Waals surface area contributed by atoms with E-state index in [-0.39, 0.29) is 34.4 Å². The van der Waals surface area contributed by atoms with Crippen LogP contribution in [0.4, 0.5) is 14.5 Å². The van der Waals surface area contributed by atoms with E-state index in [0.29, 0.717) is 5.56 Å². The molecule has 0 aliphatic heterocycles. The molecule has 3 aromatic carbocycles. The van der Waals surface area contributed by atoms with Gasteiger partial charge in [0.25, 0.3) is 15.9 Å². The summed E-state index contributed by atoms with van der Waals surface area (Å²) in [7, 11) is -3.88. The number of rotatable bonds is 6. The zero-order chi connectivity index (χ0) is 21.0. The SMILES string of the molecule is Cc1cc(S(=O)(=O)Nc2ccc(C(=O)NCc3ccc(F)cc3)cc2)ccc1F. The molecule has 0 aliphatic carbocycles. The number of hydrogen-bond acceptors (Lipinski definition) is 3. The Hall–Kier alpha value is -3.26. The van der Waals surface area contributed by atoms with Crippen LogP contribution in [0.15, 0.2) is 71.6 Å². The summed E-state index contributed by atoms with van der Waals surface area (Å²) in [6.45, 7) is 1.71. The van der Waals surface area contributed by atoms with E-state index in [0.717, 1.165) is 11.6 Å². The highest BCUT2D eigenvalue weighted by atomic mass is 32.2. The molecule has 0 fully saturated rings. The summed E-state index contributed by atoms with van der Waals surface area (Å²) in [6, 6.07) is 15.2. The molecule has 0 unspecified atom stereocenters. The van der Waals surface area contributed by atoms with Crippen LogP contribution in [0, 0.1) is 18.6 Å². The quantitative estimate of drug-likeness (QED) is 0.638. The zero-order valence-corrected chi connectivity index (χ0v) is 16.3. The van der Waals surface area contributed by atoms with Crippen LogP contribution in [-0.4, -0.2) is 14.3 Å². The first-order chi connectivity index (χ1) is 13.7. The summed E-state index contributed by atoms with van der Waals surface area (Å²) >= 11 is 0. The van der Waals surface area contributed by atoms with E-state index in [9.17, 15) is 22.0 Å². The molecule has 2 N–H and O–H groups in total. The Morgan fingerprint density at radius 3 is 2.21 bits per heavy atom. The number of aryl methyl sites for hydroxylation is 1. The molecule has 0 radical (unpaired) electrons. The van der Waals surface area contributed by atoms with Gasteiger partial charge in [-0.05, 0) is 72.6 Å². The highest BCUT2D eigenvalue weighted by Crippen LogP contribution is 2.19. The molecule has 150 valence electrons. The maximum Gasteiger partial charge on any atom is 0.261 e. The highest BCUT2D eigenvalue weighted by molar-refractivity contribution is 7.92. The Morgan fingerprint density at radius 1 is 0.931 bits per heavy atom. The van der Waals surface area contributed by atoms with Crippen LogP contribution in [0.3, 0.4) is 0 Å². The standard InChI is InChI=1S/C21H18F2N2O3S/c1-14-12-19(10-11-20(14)23)29(27,28)25-18-8-4-16(5-9-18)21(26)24-13-15-2-6-17(22)7-3-15/h2-12,25H,13H2,1H3,(H,24,26). The van der Waals surface area contributed by atoms with Gasteiger partial charge in [-0.2, -0.15) is 0 Å². The van der Waals surface area contributed by atoms with Gasteiger partial charge in [-0.3, -0.25) is 9.52 Å². The average Bonchev–Trinajstić information content (AvgIpc) is 2.69. The maximum absolute atomic E-state index is 13.4. The van der Waals surface area contributed by atoms with Crippen molar-refractivity contribution in [3.63, 3.8) is 0 Å². The average molecular weight is 416 g/mol. The lowest BCUT2D eigenvalue weighted by molar-refractivity contribution is 0.0951. The van der Waals surface area contributed by atoms with Gasteiger partial charge in [0.05, 0.1) is 4.90 Å². The van der Waals surface area contributed by atoms with Crippen molar-refractivity contribution in [2.45, 2.75) is 18.4 Å². The Morgan fingerprint density at radius 2 is 1.59 bits per heavy atom. The molecule has 3 aromatic rings. The summed E-state index contributed by atoms with van der Waals surface area (Å²) in [5, 5.41) is 2.70. The zero-order valence-electron chi connectivity index (χ0n) is 15.4. The normalized spacial score (nSPS) is 11.1. The van der Waals surface area contributed by atoms with Gasteiger partial charge in [0.15, 0.2) is 0 Å². The highest BCUT2D eigenvalue weighted by Gasteiger charge is 2.16. The molecule has 8 heteroatoms. The maximum atomic E-state index is 13.4. The first-order valence-electron chi connectivity index (χ1n) is 8.66. The third-order valence-corrected chi connectivity index (χ3v) is 5.58. The van der Waals surface area contributed by atoms with E-state index in [1.165, 1.54) is 55.5 Å². The fourth-order valence-electron chi connectivity index (χ4n) is 2.57. The van der Waals surface area contributed by atoms with E-state index in [2.05, 4.69) is 10.0 Å². The first kappa shape index (κ1) is 20.5. The second kappa shape index (κ2) is 8.40. The monoisotopic (exact) mass is 416 g/mol. The number of hydrogen-bond donors (Lipinski definition) is 2. The summed E-state index contributed by atoms with van der Waals surface area (Å²) in [4.78, 5) is 12.2. The molecule has 3 rings (SSSR count). The number of benzene rings is 3. The molecule has 0 spiro atoms. The Kier molecular flexibility index (Phi) is 5.93. The molecule has 0 bridgehead atoms. The minimum atomic E-state index is -3.88. The van der Waals surface area contributed by atoms with Crippen LogP contribution in [0.5, 0.6) is 0 Å². The lowest BCUT2D eigenvalue weighted by Gasteiger charge is -2.10. The lowest BCUT2D eigenvalue weighted by atomic mass is 10.2. The van der Waals surface area contributed by atoms with E-state index in [4.69, 9.17) is 0 Å². The van der Waals surface area contributed by atoms with E-state index < -0.39 is 15.8 Å². The number of sulfonamides is 1. The summed E-state index contributed by atoms with van der Waals surface area (Å²) < 4.78 is 53.5. The van der Waals surface area contributed by atoms with Crippen molar-refractivity contribution in [2.24, 2.45) is 0 Å². The topological polar surface area (TPSA) is 75.3 Å². The van der Waals surface area contributed by atoms with Gasteiger partial charge in [-0.25, -0.2) is 17.2 Å². The predicted molar refractivity (Wildman–Crippen MR) is 106 cm³/mol. The Labute approximate surface area is 167 Å². The molecule has 0 saturated carbocycles. The molecule has 29 heavy (non-hydrogen) atoms. The Balaban J connectivity index is 1.65. The fourth-order valence-corrected chi connectivity index (χ4v) is 3.72. The van der Waals surface area contributed by atoms with Gasteiger partial charge in [-0.1, -0.05) is 12.1 Å². The number of nitrogens with one attached hydrogen (secondary N) is 2. The molecule has 0 saturated heterocycles. The Bertz CT molecular complexity index is 1130. The van der Waals surface area contributed by atoms with Gasteiger partial charge in [0.1, 0.15) is 11.6 Å². The van der Waals surface area contributed by atoms with Crippen LogP contribution < -0.4 is 10.0 Å². The van der Waals surface area contributed by atoms with Gasteiger partial charge in [-0.15, -0.1) is 0 Å². The van der Waals surface area contributed by atoms with Crippen molar-refractivity contribution in [1.29, 1.82) is 0 Å². The molecule has 0 aliphatic rings. The number of anilines is 1. The third-order valence-electron chi connectivity index (χ3n) is 4.21. The van der Waals surface area contributed by atoms with Crippen molar-refractivity contribution in [1.82, 2.24) is 5.32 Å². The van der Waals surface area contributed by atoms with Crippen molar-refractivity contribution < 1.29 is 22.0 Å². The second-order valence-electron chi connectivity index (χ2n) is 6.40. The molecule has 0 atom stereocenters.